The molecule has 0 saturated heterocycles. The van der Waals surface area contributed by atoms with Gasteiger partial charge in [0.05, 0.1) is 0 Å². The Labute approximate surface area is 132 Å². The number of phenolic OH excluding ortho intramolecular Hbond substituents is 1. The molecule has 3 heteroatoms. The lowest BCUT2D eigenvalue weighted by molar-refractivity contribution is 0.0954. The lowest BCUT2D eigenvalue weighted by atomic mass is 10.0. The van der Waals surface area contributed by atoms with Gasteiger partial charge in [0, 0.05) is 12.1 Å². The van der Waals surface area contributed by atoms with Crippen molar-refractivity contribution in [3.63, 3.8) is 0 Å². The van der Waals surface area contributed by atoms with Crippen LogP contribution in [0, 0.1) is 5.92 Å². The van der Waals surface area contributed by atoms with E-state index in [-0.39, 0.29) is 11.7 Å². The molecular weight excluding hydrogens is 274 g/mol. The van der Waals surface area contributed by atoms with E-state index in [1.807, 2.05) is 30.3 Å². The highest BCUT2D eigenvalue weighted by molar-refractivity contribution is 5.94. The number of hydrogen-bond donors (Lipinski definition) is 2. The number of amides is 1. The maximum absolute atomic E-state index is 12.1. The summed E-state index contributed by atoms with van der Waals surface area (Å²) in [5.74, 6) is 0.808. The van der Waals surface area contributed by atoms with Gasteiger partial charge in [0.15, 0.2) is 0 Å². The summed E-state index contributed by atoms with van der Waals surface area (Å²) in [6.45, 7) is 4.92. The second-order valence-electron chi connectivity index (χ2n) is 5.97. The van der Waals surface area contributed by atoms with Gasteiger partial charge >= 0.3 is 0 Å². The van der Waals surface area contributed by atoms with E-state index in [1.54, 1.807) is 18.2 Å². The Morgan fingerprint density at radius 2 is 1.82 bits per heavy atom. The van der Waals surface area contributed by atoms with E-state index in [4.69, 9.17) is 0 Å². The van der Waals surface area contributed by atoms with Gasteiger partial charge in [0.2, 0.25) is 0 Å². The van der Waals surface area contributed by atoms with Crippen LogP contribution in [0.1, 0.15) is 35.3 Å². The molecule has 0 bridgehead atoms. The van der Waals surface area contributed by atoms with Crippen LogP contribution in [0.4, 0.5) is 0 Å². The molecule has 0 radical (unpaired) electrons. The molecule has 1 amide bonds. The van der Waals surface area contributed by atoms with Crippen LogP contribution in [0.15, 0.2) is 48.5 Å². The van der Waals surface area contributed by atoms with Crippen molar-refractivity contribution in [1.82, 2.24) is 5.32 Å². The van der Waals surface area contributed by atoms with Crippen molar-refractivity contribution < 1.29 is 9.90 Å². The fourth-order valence-corrected chi connectivity index (χ4v) is 2.40. The van der Waals surface area contributed by atoms with Crippen molar-refractivity contribution in [3.8, 4) is 5.75 Å². The summed E-state index contributed by atoms with van der Waals surface area (Å²) in [4.78, 5) is 12.1. The number of nitrogens with one attached hydrogen (secondary N) is 1. The number of rotatable bonds is 6. The summed E-state index contributed by atoms with van der Waals surface area (Å²) in [5, 5.41) is 12.3. The Morgan fingerprint density at radius 3 is 2.45 bits per heavy atom. The number of benzene rings is 2. The molecule has 0 aromatic heterocycles. The number of carbonyl (C=O) groups excluding carboxylic acids is 1. The smallest absolute Gasteiger partial charge is 0.251 e. The normalized spacial score (nSPS) is 10.7. The third-order valence-electron chi connectivity index (χ3n) is 3.47. The molecule has 2 aromatic rings. The van der Waals surface area contributed by atoms with Gasteiger partial charge < -0.3 is 10.4 Å². The Hall–Kier alpha value is -2.29. The summed E-state index contributed by atoms with van der Waals surface area (Å²) in [5.41, 5.74) is 2.95. The van der Waals surface area contributed by atoms with Gasteiger partial charge in [-0.15, -0.1) is 0 Å². The topological polar surface area (TPSA) is 49.3 Å². The molecule has 0 saturated carbocycles. The number of hydrogen-bond acceptors (Lipinski definition) is 2. The zero-order valence-corrected chi connectivity index (χ0v) is 13.2. The average molecular weight is 297 g/mol. The largest absolute Gasteiger partial charge is 0.508 e. The van der Waals surface area contributed by atoms with Crippen molar-refractivity contribution in [2.75, 3.05) is 6.54 Å². The zero-order chi connectivity index (χ0) is 15.9. The van der Waals surface area contributed by atoms with E-state index >= 15 is 0 Å². The summed E-state index contributed by atoms with van der Waals surface area (Å²) in [6, 6.07) is 14.9. The van der Waals surface area contributed by atoms with Gasteiger partial charge in [-0.05, 0) is 54.2 Å². The van der Waals surface area contributed by atoms with Crippen LogP contribution < -0.4 is 5.32 Å². The Balaban J connectivity index is 1.84. The highest BCUT2D eigenvalue weighted by Crippen LogP contribution is 2.12. The molecule has 0 aliphatic heterocycles. The minimum Gasteiger partial charge on any atom is -0.508 e. The second-order valence-corrected chi connectivity index (χ2v) is 5.97. The highest BCUT2D eigenvalue weighted by atomic mass is 16.3. The Bertz CT molecular complexity index is 618. The summed E-state index contributed by atoms with van der Waals surface area (Å²) in [6.07, 6.45) is 1.73. The second kappa shape index (κ2) is 7.64. The Morgan fingerprint density at radius 1 is 1.09 bits per heavy atom. The van der Waals surface area contributed by atoms with Gasteiger partial charge in [-0.1, -0.05) is 38.1 Å². The molecule has 2 rings (SSSR count). The fraction of sp³-hybridized carbons (Fsp3) is 0.316. The van der Waals surface area contributed by atoms with Crippen LogP contribution in [-0.2, 0) is 12.8 Å². The molecule has 116 valence electrons. The zero-order valence-electron chi connectivity index (χ0n) is 13.2. The number of phenols is 1. The van der Waals surface area contributed by atoms with Crippen LogP contribution in [0.3, 0.4) is 0 Å². The van der Waals surface area contributed by atoms with Gasteiger partial charge in [-0.2, -0.15) is 0 Å². The van der Waals surface area contributed by atoms with Gasteiger partial charge in [-0.3, -0.25) is 4.79 Å². The van der Waals surface area contributed by atoms with Crippen molar-refractivity contribution in [2.45, 2.75) is 26.7 Å². The highest BCUT2D eigenvalue weighted by Gasteiger charge is 2.05. The first-order valence-electron chi connectivity index (χ1n) is 7.69. The van der Waals surface area contributed by atoms with Crippen molar-refractivity contribution in [1.29, 1.82) is 0 Å². The maximum Gasteiger partial charge on any atom is 0.251 e. The van der Waals surface area contributed by atoms with Gasteiger partial charge in [0.25, 0.3) is 5.91 Å². The van der Waals surface area contributed by atoms with E-state index < -0.39 is 0 Å². The SMILES string of the molecule is CC(C)Cc1ccc(C(=O)NCCc2cccc(O)c2)cc1. The lowest BCUT2D eigenvalue weighted by Crippen LogP contribution is -2.25. The van der Waals surface area contributed by atoms with Gasteiger partial charge in [0.1, 0.15) is 5.75 Å². The molecule has 0 aliphatic rings. The van der Waals surface area contributed by atoms with Gasteiger partial charge in [-0.25, -0.2) is 0 Å². The minimum absolute atomic E-state index is 0.0590. The standard InChI is InChI=1S/C19H23NO2/c1-14(2)12-16-6-8-17(9-7-16)19(22)20-11-10-15-4-3-5-18(21)13-15/h3-9,13-14,21H,10-12H2,1-2H3,(H,20,22). The first-order valence-corrected chi connectivity index (χ1v) is 7.69. The molecule has 3 nitrogen and oxygen atoms in total. The lowest BCUT2D eigenvalue weighted by Gasteiger charge is -2.08. The average Bonchev–Trinajstić information content (AvgIpc) is 2.47. The quantitative estimate of drug-likeness (QED) is 0.856. The van der Waals surface area contributed by atoms with E-state index in [2.05, 4.69) is 19.2 Å². The van der Waals surface area contributed by atoms with E-state index in [0.29, 0.717) is 24.4 Å². The van der Waals surface area contributed by atoms with Crippen molar-refractivity contribution >= 4 is 5.91 Å². The van der Waals surface area contributed by atoms with E-state index in [9.17, 15) is 9.90 Å². The first kappa shape index (κ1) is 16.1. The molecule has 0 atom stereocenters. The van der Waals surface area contributed by atoms with E-state index in [0.717, 1.165) is 12.0 Å². The molecule has 2 aromatic carbocycles. The van der Waals surface area contributed by atoms with Crippen LogP contribution in [0.5, 0.6) is 5.75 Å². The monoisotopic (exact) mass is 297 g/mol. The van der Waals surface area contributed by atoms with Crippen molar-refractivity contribution in [3.05, 3.63) is 65.2 Å². The molecule has 0 unspecified atom stereocenters. The van der Waals surface area contributed by atoms with Crippen LogP contribution >= 0.6 is 0 Å². The molecule has 0 heterocycles. The van der Waals surface area contributed by atoms with Crippen molar-refractivity contribution in [2.24, 2.45) is 5.92 Å². The fourth-order valence-electron chi connectivity index (χ4n) is 2.40. The molecular formula is C19H23NO2. The Kier molecular flexibility index (Phi) is 5.59. The third kappa shape index (κ3) is 4.92. The summed E-state index contributed by atoms with van der Waals surface area (Å²) >= 11 is 0. The summed E-state index contributed by atoms with van der Waals surface area (Å²) < 4.78 is 0. The summed E-state index contributed by atoms with van der Waals surface area (Å²) in [7, 11) is 0. The number of carbonyl (C=O) groups is 1. The third-order valence-corrected chi connectivity index (χ3v) is 3.47. The number of aromatic hydroxyl groups is 1. The first-order chi connectivity index (χ1) is 10.5. The van der Waals surface area contributed by atoms with Crippen LogP contribution in [-0.4, -0.2) is 17.6 Å². The molecule has 0 spiro atoms. The predicted octanol–water partition coefficient (Wildman–Crippen LogP) is 3.56. The minimum atomic E-state index is -0.0590. The van der Waals surface area contributed by atoms with Crippen LogP contribution in [0.25, 0.3) is 0 Å². The molecule has 2 N–H and O–H groups in total. The molecule has 0 fully saturated rings. The maximum atomic E-state index is 12.1. The van der Waals surface area contributed by atoms with Crippen LogP contribution in [0.2, 0.25) is 0 Å². The molecule has 0 aliphatic carbocycles. The van der Waals surface area contributed by atoms with E-state index in [1.165, 1.54) is 5.56 Å². The predicted molar refractivity (Wildman–Crippen MR) is 89.1 cm³/mol. The molecule has 22 heavy (non-hydrogen) atoms.